The van der Waals surface area contributed by atoms with Crippen molar-refractivity contribution in [2.45, 2.75) is 59.1 Å². The first-order valence-electron chi connectivity index (χ1n) is 6.38. The standard InChI is InChI=1S/C13H23ClN2O/c1-5-12-11(9-14)13(6-2)16(15-12)7-8-17-10(3)4/h10H,5-9H2,1-4H3. The SMILES string of the molecule is CCc1nn(CCOC(C)C)c(CC)c1CCl. The molecule has 0 N–H and O–H groups in total. The molecule has 0 aliphatic heterocycles. The van der Waals surface area contributed by atoms with Gasteiger partial charge in [-0.2, -0.15) is 5.10 Å². The summed E-state index contributed by atoms with van der Waals surface area (Å²) < 4.78 is 7.62. The second-order valence-corrected chi connectivity index (χ2v) is 4.62. The monoisotopic (exact) mass is 258 g/mol. The highest BCUT2D eigenvalue weighted by molar-refractivity contribution is 6.17. The molecule has 1 rings (SSSR count). The van der Waals surface area contributed by atoms with Gasteiger partial charge in [-0.25, -0.2) is 0 Å². The summed E-state index contributed by atoms with van der Waals surface area (Å²) in [4.78, 5) is 0. The van der Waals surface area contributed by atoms with Crippen LogP contribution in [0.5, 0.6) is 0 Å². The maximum atomic E-state index is 6.01. The number of aryl methyl sites for hydroxylation is 1. The summed E-state index contributed by atoms with van der Waals surface area (Å²) in [6, 6.07) is 0. The van der Waals surface area contributed by atoms with Crippen molar-refractivity contribution in [1.29, 1.82) is 0 Å². The molecule has 3 nitrogen and oxygen atoms in total. The summed E-state index contributed by atoms with van der Waals surface area (Å²) in [7, 11) is 0. The van der Waals surface area contributed by atoms with Crippen molar-refractivity contribution in [2.24, 2.45) is 0 Å². The average molecular weight is 259 g/mol. The molecule has 0 radical (unpaired) electrons. The van der Waals surface area contributed by atoms with E-state index in [2.05, 4.69) is 23.6 Å². The highest BCUT2D eigenvalue weighted by Crippen LogP contribution is 2.18. The summed E-state index contributed by atoms with van der Waals surface area (Å²) >= 11 is 6.01. The first kappa shape index (κ1) is 14.5. The first-order chi connectivity index (χ1) is 8.13. The Balaban J connectivity index is 2.80. The smallest absolute Gasteiger partial charge is 0.0668 e. The Morgan fingerprint density at radius 3 is 2.47 bits per heavy atom. The van der Waals surface area contributed by atoms with Gasteiger partial charge in [0.1, 0.15) is 0 Å². The quantitative estimate of drug-likeness (QED) is 0.703. The molecule has 0 fully saturated rings. The van der Waals surface area contributed by atoms with Crippen LogP contribution in [0.25, 0.3) is 0 Å². The van der Waals surface area contributed by atoms with Crippen molar-refractivity contribution in [2.75, 3.05) is 6.61 Å². The minimum Gasteiger partial charge on any atom is -0.377 e. The third kappa shape index (κ3) is 3.71. The van der Waals surface area contributed by atoms with Crippen molar-refractivity contribution in [3.63, 3.8) is 0 Å². The molecule has 0 aliphatic carbocycles. The van der Waals surface area contributed by atoms with Crippen LogP contribution in [0.3, 0.4) is 0 Å². The first-order valence-corrected chi connectivity index (χ1v) is 6.92. The number of rotatable bonds is 7. The van der Waals surface area contributed by atoms with Gasteiger partial charge in [0.15, 0.2) is 0 Å². The molecule has 4 heteroatoms. The van der Waals surface area contributed by atoms with Gasteiger partial charge in [0.2, 0.25) is 0 Å². The van der Waals surface area contributed by atoms with Crippen molar-refractivity contribution in [1.82, 2.24) is 9.78 Å². The molecular weight excluding hydrogens is 236 g/mol. The molecule has 0 aromatic carbocycles. The van der Waals surface area contributed by atoms with Crippen molar-refractivity contribution in [3.05, 3.63) is 17.0 Å². The highest BCUT2D eigenvalue weighted by Gasteiger charge is 2.14. The Morgan fingerprint density at radius 2 is 2.00 bits per heavy atom. The number of nitrogens with zero attached hydrogens (tertiary/aromatic N) is 2. The number of hydrogen-bond acceptors (Lipinski definition) is 2. The molecule has 0 spiro atoms. The molecule has 0 saturated carbocycles. The van der Waals surface area contributed by atoms with Gasteiger partial charge in [-0.3, -0.25) is 4.68 Å². The second kappa shape index (κ2) is 7.02. The van der Waals surface area contributed by atoms with E-state index in [4.69, 9.17) is 16.3 Å². The second-order valence-electron chi connectivity index (χ2n) is 4.36. The zero-order valence-corrected chi connectivity index (χ0v) is 12.0. The number of alkyl halides is 1. The Kier molecular flexibility index (Phi) is 6.00. The highest BCUT2D eigenvalue weighted by atomic mass is 35.5. The van der Waals surface area contributed by atoms with Gasteiger partial charge in [0, 0.05) is 11.3 Å². The molecule has 98 valence electrons. The van der Waals surface area contributed by atoms with E-state index >= 15 is 0 Å². The minimum absolute atomic E-state index is 0.272. The van der Waals surface area contributed by atoms with E-state index in [1.165, 1.54) is 11.3 Å². The Bertz CT molecular complexity index is 347. The van der Waals surface area contributed by atoms with Crippen LogP contribution in [0.2, 0.25) is 0 Å². The van der Waals surface area contributed by atoms with Crippen LogP contribution in [0.4, 0.5) is 0 Å². The molecule has 0 aliphatic rings. The molecule has 0 amide bonds. The average Bonchev–Trinajstić information content (AvgIpc) is 2.65. The van der Waals surface area contributed by atoms with Crippen LogP contribution in [0.1, 0.15) is 44.6 Å². The van der Waals surface area contributed by atoms with E-state index in [1.807, 2.05) is 13.8 Å². The fourth-order valence-electron chi connectivity index (χ4n) is 1.98. The molecule has 0 bridgehead atoms. The maximum Gasteiger partial charge on any atom is 0.0668 e. The van der Waals surface area contributed by atoms with E-state index in [9.17, 15) is 0 Å². The lowest BCUT2D eigenvalue weighted by molar-refractivity contribution is 0.0705. The number of aromatic nitrogens is 2. The van der Waals surface area contributed by atoms with Gasteiger partial charge < -0.3 is 4.74 Å². The third-order valence-electron chi connectivity index (χ3n) is 2.81. The number of halogens is 1. The van der Waals surface area contributed by atoms with Crippen LogP contribution in [-0.2, 0) is 30.0 Å². The van der Waals surface area contributed by atoms with Gasteiger partial charge in [-0.15, -0.1) is 11.6 Å². The normalized spacial score (nSPS) is 11.4. The summed E-state index contributed by atoms with van der Waals surface area (Å²) in [5.74, 6) is 0.553. The molecule has 1 heterocycles. The van der Waals surface area contributed by atoms with Crippen LogP contribution in [-0.4, -0.2) is 22.5 Å². The Hall–Kier alpha value is -0.540. The van der Waals surface area contributed by atoms with Crippen LogP contribution < -0.4 is 0 Å². The van der Waals surface area contributed by atoms with Gasteiger partial charge in [0.05, 0.1) is 30.8 Å². The van der Waals surface area contributed by atoms with E-state index in [-0.39, 0.29) is 6.10 Å². The largest absolute Gasteiger partial charge is 0.377 e. The molecule has 1 aromatic heterocycles. The molecule has 0 unspecified atom stereocenters. The van der Waals surface area contributed by atoms with Crippen LogP contribution in [0.15, 0.2) is 0 Å². The lowest BCUT2D eigenvalue weighted by atomic mass is 10.1. The predicted octanol–water partition coefficient (Wildman–Crippen LogP) is 3.17. The maximum absolute atomic E-state index is 6.01. The van der Waals surface area contributed by atoms with Crippen LogP contribution in [0, 0.1) is 0 Å². The third-order valence-corrected chi connectivity index (χ3v) is 3.07. The van der Waals surface area contributed by atoms with E-state index < -0.39 is 0 Å². The summed E-state index contributed by atoms with van der Waals surface area (Å²) in [5.41, 5.74) is 3.59. The molecular formula is C13H23ClN2O. The van der Waals surface area contributed by atoms with Crippen LogP contribution >= 0.6 is 11.6 Å². The Morgan fingerprint density at radius 1 is 1.29 bits per heavy atom. The molecule has 0 saturated heterocycles. The van der Waals surface area contributed by atoms with E-state index in [0.29, 0.717) is 12.5 Å². The van der Waals surface area contributed by atoms with E-state index in [1.54, 1.807) is 0 Å². The molecule has 0 atom stereocenters. The lowest BCUT2D eigenvalue weighted by Crippen LogP contribution is -2.13. The van der Waals surface area contributed by atoms with Crippen molar-refractivity contribution < 1.29 is 4.74 Å². The number of hydrogen-bond donors (Lipinski definition) is 0. The zero-order valence-electron chi connectivity index (χ0n) is 11.3. The predicted molar refractivity (Wildman–Crippen MR) is 71.6 cm³/mol. The molecule has 17 heavy (non-hydrogen) atoms. The fourth-order valence-corrected chi connectivity index (χ4v) is 2.29. The topological polar surface area (TPSA) is 27.1 Å². The minimum atomic E-state index is 0.272. The van der Waals surface area contributed by atoms with Crippen molar-refractivity contribution in [3.8, 4) is 0 Å². The van der Waals surface area contributed by atoms with Crippen molar-refractivity contribution >= 4 is 11.6 Å². The van der Waals surface area contributed by atoms with Gasteiger partial charge in [-0.05, 0) is 26.7 Å². The number of ether oxygens (including phenoxy) is 1. The summed E-state index contributed by atoms with van der Waals surface area (Å²) in [6.45, 7) is 9.87. The summed E-state index contributed by atoms with van der Waals surface area (Å²) in [6.07, 6.45) is 2.18. The Labute approximate surface area is 109 Å². The summed E-state index contributed by atoms with van der Waals surface area (Å²) in [5, 5.41) is 4.62. The van der Waals surface area contributed by atoms with Gasteiger partial charge >= 0.3 is 0 Å². The lowest BCUT2D eigenvalue weighted by Gasteiger charge is -2.09. The van der Waals surface area contributed by atoms with Gasteiger partial charge in [0.25, 0.3) is 0 Å². The van der Waals surface area contributed by atoms with E-state index in [0.717, 1.165) is 25.1 Å². The van der Waals surface area contributed by atoms with Gasteiger partial charge in [-0.1, -0.05) is 13.8 Å². The fraction of sp³-hybridized carbons (Fsp3) is 0.769. The zero-order chi connectivity index (χ0) is 12.8. The molecule has 1 aromatic rings.